The van der Waals surface area contributed by atoms with Gasteiger partial charge < -0.3 is 14.2 Å². The summed E-state index contributed by atoms with van der Waals surface area (Å²) in [6.45, 7) is 6.50. The van der Waals surface area contributed by atoms with Crippen LogP contribution in [0.25, 0.3) is 0 Å². The lowest BCUT2D eigenvalue weighted by Crippen LogP contribution is -2.30. The minimum Gasteiger partial charge on any atom is -0.462 e. The lowest BCUT2D eigenvalue weighted by atomic mass is 10.0. The Bertz CT molecular complexity index is 1400. The molecule has 0 fully saturated rings. The highest BCUT2D eigenvalue weighted by molar-refractivity contribution is 5.71. The van der Waals surface area contributed by atoms with Crippen molar-refractivity contribution < 1.29 is 28.6 Å². The largest absolute Gasteiger partial charge is 0.462 e. The average molecular weight is 974 g/mol. The van der Waals surface area contributed by atoms with Crippen LogP contribution in [-0.2, 0) is 28.6 Å². The predicted molar refractivity (Wildman–Crippen MR) is 302 cm³/mol. The van der Waals surface area contributed by atoms with Gasteiger partial charge in [-0.1, -0.05) is 279 Å². The molecule has 0 aromatic rings. The van der Waals surface area contributed by atoms with E-state index in [1.165, 1.54) is 141 Å². The summed E-state index contributed by atoms with van der Waals surface area (Å²) in [4.78, 5) is 38.2. The molecule has 0 aromatic carbocycles. The zero-order valence-electron chi connectivity index (χ0n) is 45.8. The fraction of sp³-hybridized carbons (Fsp3) is 0.703. The number of carbonyl (C=O) groups excluding carboxylic acids is 3. The summed E-state index contributed by atoms with van der Waals surface area (Å²) in [5.74, 6) is -0.977. The molecule has 0 aliphatic heterocycles. The van der Waals surface area contributed by atoms with Crippen LogP contribution in [0.3, 0.4) is 0 Å². The van der Waals surface area contributed by atoms with Crippen LogP contribution in [0.15, 0.2) is 97.2 Å². The van der Waals surface area contributed by atoms with Crippen LogP contribution in [0, 0.1) is 0 Å². The Balaban J connectivity index is 4.50. The minimum atomic E-state index is -0.815. The minimum absolute atomic E-state index is 0.105. The van der Waals surface area contributed by atoms with E-state index >= 15 is 0 Å². The molecule has 0 heterocycles. The Labute approximate surface area is 432 Å². The van der Waals surface area contributed by atoms with Crippen molar-refractivity contribution in [1.29, 1.82) is 0 Å². The van der Waals surface area contributed by atoms with Gasteiger partial charge in [0.05, 0.1) is 0 Å². The van der Waals surface area contributed by atoms with E-state index in [0.717, 1.165) is 83.5 Å². The lowest BCUT2D eigenvalue weighted by Gasteiger charge is -2.18. The molecule has 400 valence electrons. The highest BCUT2D eigenvalue weighted by atomic mass is 16.6. The number of ether oxygens (including phenoxy) is 3. The second-order valence-corrected chi connectivity index (χ2v) is 19.3. The van der Waals surface area contributed by atoms with E-state index in [-0.39, 0.29) is 37.5 Å². The van der Waals surface area contributed by atoms with Crippen LogP contribution in [0.1, 0.15) is 271 Å². The number of carbonyl (C=O) groups is 3. The quantitative estimate of drug-likeness (QED) is 0.0199. The van der Waals surface area contributed by atoms with Crippen LogP contribution < -0.4 is 0 Å². The van der Waals surface area contributed by atoms with Gasteiger partial charge in [0.2, 0.25) is 0 Å². The van der Waals surface area contributed by atoms with Crippen LogP contribution in [0.2, 0.25) is 0 Å². The summed E-state index contributed by atoms with van der Waals surface area (Å²) in [5, 5.41) is 0. The number of hydrogen-bond acceptors (Lipinski definition) is 6. The maximum atomic E-state index is 12.8. The lowest BCUT2D eigenvalue weighted by molar-refractivity contribution is -0.167. The highest BCUT2D eigenvalue weighted by Gasteiger charge is 2.19. The van der Waals surface area contributed by atoms with Gasteiger partial charge in [0, 0.05) is 19.3 Å². The van der Waals surface area contributed by atoms with E-state index in [0.29, 0.717) is 19.3 Å². The number of rotatable bonds is 52. The van der Waals surface area contributed by atoms with E-state index in [9.17, 15) is 14.4 Å². The average Bonchev–Trinajstić information content (AvgIpc) is 3.36. The molecule has 0 aliphatic carbocycles. The van der Waals surface area contributed by atoms with Crippen molar-refractivity contribution in [2.75, 3.05) is 13.2 Å². The Morgan fingerprint density at radius 3 is 1.03 bits per heavy atom. The molecule has 0 saturated carbocycles. The van der Waals surface area contributed by atoms with E-state index in [2.05, 4.69) is 93.7 Å². The maximum Gasteiger partial charge on any atom is 0.306 e. The molecule has 1 unspecified atom stereocenters. The first-order chi connectivity index (χ1) is 34.5. The molecular formula is C64H108O6. The first-order valence-corrected chi connectivity index (χ1v) is 29.3. The highest BCUT2D eigenvalue weighted by Crippen LogP contribution is 2.16. The Kier molecular flexibility index (Phi) is 54.9. The van der Waals surface area contributed by atoms with E-state index in [1.807, 2.05) is 24.3 Å². The number of esters is 3. The third-order valence-corrected chi connectivity index (χ3v) is 12.4. The summed E-state index contributed by atoms with van der Waals surface area (Å²) in [5.41, 5.74) is 0. The predicted octanol–water partition coefficient (Wildman–Crippen LogP) is 19.7. The van der Waals surface area contributed by atoms with Crippen LogP contribution in [0.4, 0.5) is 0 Å². The van der Waals surface area contributed by atoms with Gasteiger partial charge in [-0.05, 0) is 70.6 Å². The topological polar surface area (TPSA) is 78.9 Å². The van der Waals surface area contributed by atoms with Gasteiger partial charge in [0.15, 0.2) is 6.10 Å². The molecule has 6 nitrogen and oxygen atoms in total. The molecule has 70 heavy (non-hydrogen) atoms. The molecule has 0 N–H and O–H groups in total. The summed E-state index contributed by atoms with van der Waals surface area (Å²) in [6, 6.07) is 0. The van der Waals surface area contributed by atoms with Crippen molar-refractivity contribution in [3.05, 3.63) is 97.2 Å². The second kappa shape index (κ2) is 57.9. The smallest absolute Gasteiger partial charge is 0.306 e. The van der Waals surface area contributed by atoms with Gasteiger partial charge in [-0.15, -0.1) is 0 Å². The SMILES string of the molecule is CCC\C=C/C=C\C=C/C=C\C=C/CCCCCCCC(=O)OCC(COC(=O)CCCCCCCCCCCCCCCCCCC)OC(=O)CCC/C=C\C/C=C\C/C=C\CCCCCCCC. The molecule has 1 atom stereocenters. The third kappa shape index (κ3) is 55.3. The van der Waals surface area contributed by atoms with Gasteiger partial charge in [0.25, 0.3) is 0 Å². The van der Waals surface area contributed by atoms with Gasteiger partial charge >= 0.3 is 17.9 Å². The molecule has 0 rings (SSSR count). The third-order valence-electron chi connectivity index (χ3n) is 12.4. The molecular weight excluding hydrogens is 865 g/mol. The molecule has 0 spiro atoms. The zero-order valence-corrected chi connectivity index (χ0v) is 45.8. The van der Waals surface area contributed by atoms with Gasteiger partial charge in [-0.3, -0.25) is 14.4 Å². The monoisotopic (exact) mass is 973 g/mol. The Morgan fingerprint density at radius 2 is 0.614 bits per heavy atom. The standard InChI is InChI=1S/C64H108O6/c1-4-7-10-13-16-19-22-25-28-31-34-36-39-42-45-48-51-54-57-63(66)69-60-61(70-64(67)58-55-52-49-46-43-40-37-33-30-27-24-21-18-15-12-9-6-3)59-68-62(65)56-53-50-47-44-41-38-35-32-29-26-23-20-17-14-11-8-5-2/h10,13,16,19,22,25,27-28,30-31,34,36-37,40,46,49,61H,4-9,11-12,14-15,17-18,20-21,23-24,26,29,32-33,35,38-39,41-45,47-48,50-60H2,1-3H3/b13-10-,19-16-,25-22-,30-27-,31-28-,36-34-,40-37-,49-46-. The van der Waals surface area contributed by atoms with Crippen LogP contribution in [-0.4, -0.2) is 37.2 Å². The van der Waals surface area contributed by atoms with Gasteiger partial charge in [-0.25, -0.2) is 0 Å². The number of unbranched alkanes of at least 4 members (excludes halogenated alkanes) is 29. The first-order valence-electron chi connectivity index (χ1n) is 29.3. The van der Waals surface area contributed by atoms with E-state index < -0.39 is 6.10 Å². The first kappa shape index (κ1) is 66.3. The molecule has 0 aliphatic rings. The Morgan fingerprint density at radius 1 is 0.300 bits per heavy atom. The Hall–Kier alpha value is -3.67. The fourth-order valence-electron chi connectivity index (χ4n) is 8.02. The van der Waals surface area contributed by atoms with Crippen molar-refractivity contribution in [2.24, 2.45) is 0 Å². The second-order valence-electron chi connectivity index (χ2n) is 19.3. The summed E-state index contributed by atoms with van der Waals surface area (Å²) < 4.78 is 16.8. The summed E-state index contributed by atoms with van der Waals surface area (Å²) >= 11 is 0. The number of hydrogen-bond donors (Lipinski definition) is 0. The molecule has 0 bridgehead atoms. The fourth-order valence-corrected chi connectivity index (χ4v) is 8.02. The summed E-state index contributed by atoms with van der Waals surface area (Å²) in [6.07, 6.45) is 76.8. The van der Waals surface area contributed by atoms with Crippen molar-refractivity contribution >= 4 is 17.9 Å². The normalized spacial score (nSPS) is 12.8. The molecule has 6 heteroatoms. The van der Waals surface area contributed by atoms with Crippen molar-refractivity contribution in [2.45, 2.75) is 277 Å². The zero-order chi connectivity index (χ0) is 50.7. The maximum absolute atomic E-state index is 12.8. The molecule has 0 radical (unpaired) electrons. The molecule has 0 aromatic heterocycles. The summed E-state index contributed by atoms with van der Waals surface area (Å²) in [7, 11) is 0. The van der Waals surface area contributed by atoms with Gasteiger partial charge in [0.1, 0.15) is 13.2 Å². The van der Waals surface area contributed by atoms with Crippen LogP contribution in [0.5, 0.6) is 0 Å². The van der Waals surface area contributed by atoms with E-state index in [1.54, 1.807) is 0 Å². The van der Waals surface area contributed by atoms with Crippen LogP contribution >= 0.6 is 0 Å². The molecule has 0 saturated heterocycles. The van der Waals surface area contributed by atoms with E-state index in [4.69, 9.17) is 14.2 Å². The van der Waals surface area contributed by atoms with Crippen molar-refractivity contribution in [3.63, 3.8) is 0 Å². The number of allylic oxidation sites excluding steroid dienone is 16. The van der Waals surface area contributed by atoms with Crippen molar-refractivity contribution in [3.8, 4) is 0 Å². The van der Waals surface area contributed by atoms with Crippen molar-refractivity contribution in [1.82, 2.24) is 0 Å². The molecule has 0 amide bonds. The van der Waals surface area contributed by atoms with Gasteiger partial charge in [-0.2, -0.15) is 0 Å².